The summed E-state index contributed by atoms with van der Waals surface area (Å²) in [5.74, 6) is 0.849. The molecule has 1 aliphatic carbocycles. The molecule has 1 heterocycles. The molecule has 1 atom stereocenters. The molecule has 1 aromatic heterocycles. The Bertz CT molecular complexity index is 309. The highest BCUT2D eigenvalue weighted by Gasteiger charge is 2.31. The van der Waals surface area contributed by atoms with E-state index in [-0.39, 0.29) is 6.61 Å². The third kappa shape index (κ3) is 1.91. The zero-order valence-corrected chi connectivity index (χ0v) is 9.42. The largest absolute Gasteiger partial charge is 0.391 e. The van der Waals surface area contributed by atoms with Crippen LogP contribution < -0.4 is 4.90 Å². The molecule has 1 N–H and O–H groups in total. The monoisotopic (exact) mass is 212 g/mol. The van der Waals surface area contributed by atoms with Crippen molar-refractivity contribution in [1.29, 1.82) is 0 Å². The Morgan fingerprint density at radius 3 is 2.93 bits per heavy atom. The molecule has 1 aromatic rings. The Morgan fingerprint density at radius 1 is 1.71 bits per heavy atom. The number of hydrogen-bond donors (Lipinski definition) is 1. The molecule has 1 aliphatic rings. The quantitative estimate of drug-likeness (QED) is 0.827. The number of anilines is 1. The number of hydrogen-bond acceptors (Lipinski definition) is 4. The topological polar surface area (TPSA) is 36.4 Å². The Morgan fingerprint density at radius 2 is 2.43 bits per heavy atom. The van der Waals surface area contributed by atoms with Gasteiger partial charge in [-0.1, -0.05) is 11.3 Å². The molecule has 0 spiro atoms. The van der Waals surface area contributed by atoms with Crippen molar-refractivity contribution in [3.05, 3.63) is 11.1 Å². The lowest BCUT2D eigenvalue weighted by Gasteiger charge is -2.23. The third-order valence-corrected chi connectivity index (χ3v) is 3.99. The molecule has 0 amide bonds. The molecular weight excluding hydrogens is 196 g/mol. The van der Waals surface area contributed by atoms with Crippen LogP contribution in [0.5, 0.6) is 0 Å². The van der Waals surface area contributed by atoms with Crippen molar-refractivity contribution < 1.29 is 5.11 Å². The van der Waals surface area contributed by atoms with E-state index in [1.54, 1.807) is 17.5 Å². The van der Waals surface area contributed by atoms with Gasteiger partial charge in [0.1, 0.15) is 0 Å². The van der Waals surface area contributed by atoms with Crippen molar-refractivity contribution in [2.24, 2.45) is 5.92 Å². The summed E-state index contributed by atoms with van der Waals surface area (Å²) in [6.45, 7) is 2.35. The average Bonchev–Trinajstić information content (AvgIpc) is 2.94. The third-order valence-electron chi connectivity index (χ3n) is 2.91. The molecule has 0 radical (unpaired) electrons. The second-order valence-electron chi connectivity index (χ2n) is 3.96. The van der Waals surface area contributed by atoms with Crippen LogP contribution in [0, 0.1) is 5.92 Å². The molecule has 4 heteroatoms. The number of aromatic nitrogens is 1. The molecule has 0 aliphatic heterocycles. The molecule has 1 unspecified atom stereocenters. The summed E-state index contributed by atoms with van der Waals surface area (Å²) in [6, 6.07) is 0.577. The molecule has 0 saturated heterocycles. The zero-order chi connectivity index (χ0) is 10.1. The maximum atomic E-state index is 8.94. The van der Waals surface area contributed by atoms with Crippen LogP contribution in [0.25, 0.3) is 0 Å². The number of nitrogens with zero attached hydrogens (tertiary/aromatic N) is 2. The van der Waals surface area contributed by atoms with Crippen molar-refractivity contribution in [3.8, 4) is 0 Å². The van der Waals surface area contributed by atoms with E-state index in [4.69, 9.17) is 5.11 Å². The summed E-state index contributed by atoms with van der Waals surface area (Å²) in [5, 5.41) is 9.97. The Kier molecular flexibility index (Phi) is 2.74. The first-order valence-electron chi connectivity index (χ1n) is 5.00. The lowest BCUT2D eigenvalue weighted by atomic mass is 10.2. The van der Waals surface area contributed by atoms with E-state index in [0.29, 0.717) is 6.04 Å². The normalized spacial score (nSPS) is 18.2. The first kappa shape index (κ1) is 9.93. The fourth-order valence-corrected chi connectivity index (χ4v) is 2.42. The minimum absolute atomic E-state index is 0.101. The summed E-state index contributed by atoms with van der Waals surface area (Å²) in [5.41, 5.74) is 0. The van der Waals surface area contributed by atoms with Crippen LogP contribution in [0.3, 0.4) is 0 Å². The van der Waals surface area contributed by atoms with E-state index in [1.165, 1.54) is 12.8 Å². The van der Waals surface area contributed by atoms with Gasteiger partial charge in [-0.15, -0.1) is 0 Å². The van der Waals surface area contributed by atoms with Crippen molar-refractivity contribution in [1.82, 2.24) is 4.98 Å². The SMILES string of the molecule is CC(C1CC1)N(C)c1ncc(CO)s1. The predicted octanol–water partition coefficient (Wildman–Crippen LogP) is 1.87. The van der Waals surface area contributed by atoms with Gasteiger partial charge >= 0.3 is 0 Å². The summed E-state index contributed by atoms with van der Waals surface area (Å²) in [4.78, 5) is 7.47. The lowest BCUT2D eigenvalue weighted by Crippen LogP contribution is -2.30. The van der Waals surface area contributed by atoms with Crippen molar-refractivity contribution in [3.63, 3.8) is 0 Å². The zero-order valence-electron chi connectivity index (χ0n) is 8.60. The van der Waals surface area contributed by atoms with Crippen molar-refractivity contribution in [2.45, 2.75) is 32.4 Å². The number of aliphatic hydroxyl groups excluding tert-OH is 1. The van der Waals surface area contributed by atoms with Crippen molar-refractivity contribution in [2.75, 3.05) is 11.9 Å². The molecular formula is C10H16N2OS. The molecule has 14 heavy (non-hydrogen) atoms. The number of rotatable bonds is 4. The minimum atomic E-state index is 0.101. The summed E-state index contributed by atoms with van der Waals surface area (Å²) in [7, 11) is 2.09. The Hall–Kier alpha value is -0.610. The lowest BCUT2D eigenvalue weighted by molar-refractivity contribution is 0.285. The highest BCUT2D eigenvalue weighted by atomic mass is 32.1. The van der Waals surface area contributed by atoms with Crippen LogP contribution in [0.15, 0.2) is 6.20 Å². The second-order valence-corrected chi connectivity index (χ2v) is 5.05. The van der Waals surface area contributed by atoms with E-state index >= 15 is 0 Å². The van der Waals surface area contributed by atoms with Gasteiger partial charge in [0.05, 0.1) is 11.5 Å². The molecule has 3 nitrogen and oxygen atoms in total. The smallest absolute Gasteiger partial charge is 0.185 e. The highest BCUT2D eigenvalue weighted by molar-refractivity contribution is 7.15. The highest BCUT2D eigenvalue weighted by Crippen LogP contribution is 2.37. The van der Waals surface area contributed by atoms with Crippen LogP contribution in [-0.4, -0.2) is 23.2 Å². The van der Waals surface area contributed by atoms with E-state index in [0.717, 1.165) is 15.9 Å². The van der Waals surface area contributed by atoms with Crippen LogP contribution >= 0.6 is 11.3 Å². The first-order valence-corrected chi connectivity index (χ1v) is 5.82. The van der Waals surface area contributed by atoms with Gasteiger partial charge in [0.2, 0.25) is 0 Å². The minimum Gasteiger partial charge on any atom is -0.391 e. The number of thiazole rings is 1. The van der Waals surface area contributed by atoms with Gasteiger partial charge in [-0.3, -0.25) is 0 Å². The van der Waals surface area contributed by atoms with E-state index < -0.39 is 0 Å². The van der Waals surface area contributed by atoms with Gasteiger partial charge in [0.25, 0.3) is 0 Å². The standard InChI is InChI=1S/C10H16N2OS/c1-7(8-3-4-8)12(2)10-11-5-9(6-13)14-10/h5,7-8,13H,3-4,6H2,1-2H3. The maximum absolute atomic E-state index is 8.94. The molecule has 1 saturated carbocycles. The fraction of sp³-hybridized carbons (Fsp3) is 0.700. The molecule has 0 aromatic carbocycles. The van der Waals surface area contributed by atoms with Crippen LogP contribution in [0.1, 0.15) is 24.6 Å². The van der Waals surface area contributed by atoms with Gasteiger partial charge in [0, 0.05) is 19.3 Å². The number of aliphatic hydroxyl groups is 1. The van der Waals surface area contributed by atoms with Crippen LogP contribution in [0.4, 0.5) is 5.13 Å². The Balaban J connectivity index is 2.05. The van der Waals surface area contributed by atoms with E-state index in [9.17, 15) is 0 Å². The van der Waals surface area contributed by atoms with Gasteiger partial charge in [-0.2, -0.15) is 0 Å². The average molecular weight is 212 g/mol. The van der Waals surface area contributed by atoms with E-state index in [2.05, 4.69) is 23.9 Å². The van der Waals surface area contributed by atoms with Gasteiger partial charge < -0.3 is 10.0 Å². The molecule has 2 rings (SSSR count). The Labute approximate surface area is 88.4 Å². The predicted molar refractivity (Wildman–Crippen MR) is 58.6 cm³/mol. The van der Waals surface area contributed by atoms with E-state index in [1.807, 2.05) is 0 Å². The summed E-state index contributed by atoms with van der Waals surface area (Å²) >= 11 is 1.58. The van der Waals surface area contributed by atoms with Gasteiger partial charge in [-0.05, 0) is 25.7 Å². The second kappa shape index (κ2) is 3.87. The fourth-order valence-electron chi connectivity index (χ4n) is 1.60. The molecule has 0 bridgehead atoms. The first-order chi connectivity index (χ1) is 6.72. The summed E-state index contributed by atoms with van der Waals surface area (Å²) in [6.07, 6.45) is 4.46. The summed E-state index contributed by atoms with van der Waals surface area (Å²) < 4.78 is 0. The van der Waals surface area contributed by atoms with Crippen molar-refractivity contribution >= 4 is 16.5 Å². The van der Waals surface area contributed by atoms with Gasteiger partial charge in [0.15, 0.2) is 5.13 Å². The molecule has 78 valence electrons. The van der Waals surface area contributed by atoms with Crippen LogP contribution in [0.2, 0.25) is 0 Å². The maximum Gasteiger partial charge on any atom is 0.185 e. The van der Waals surface area contributed by atoms with Gasteiger partial charge in [-0.25, -0.2) is 4.98 Å². The van der Waals surface area contributed by atoms with Crippen LogP contribution in [-0.2, 0) is 6.61 Å². The molecule has 1 fully saturated rings.